The first-order valence-corrected chi connectivity index (χ1v) is 3.92. The van der Waals surface area contributed by atoms with Crippen LogP contribution in [0, 0.1) is 0 Å². The maximum Gasteiger partial charge on any atom is 0.208 e. The molecular formula is C9H15NO. The summed E-state index contributed by atoms with van der Waals surface area (Å²) in [6, 6.07) is 0. The molecule has 0 N–H and O–H groups in total. The summed E-state index contributed by atoms with van der Waals surface area (Å²) in [4.78, 5) is 4.36. The summed E-state index contributed by atoms with van der Waals surface area (Å²) in [5.41, 5.74) is 0.0151. The summed E-state index contributed by atoms with van der Waals surface area (Å²) in [5.74, 6) is 0.675. The van der Waals surface area contributed by atoms with Crippen molar-refractivity contribution < 1.29 is 4.74 Å². The highest BCUT2D eigenvalue weighted by Gasteiger charge is 2.26. The Balaban J connectivity index is 2.81. The highest BCUT2D eigenvalue weighted by Crippen LogP contribution is 2.23. The summed E-state index contributed by atoms with van der Waals surface area (Å²) < 4.78 is 5.40. The summed E-state index contributed by atoms with van der Waals surface area (Å²) in [7, 11) is 0. The van der Waals surface area contributed by atoms with Crippen LogP contribution in [0.25, 0.3) is 0 Å². The molecule has 2 heteroatoms. The van der Waals surface area contributed by atoms with E-state index in [1.165, 1.54) is 0 Å². The van der Waals surface area contributed by atoms with Gasteiger partial charge in [0.2, 0.25) is 5.90 Å². The maximum atomic E-state index is 5.40. The van der Waals surface area contributed by atoms with Crippen LogP contribution in [0.3, 0.4) is 0 Å². The van der Waals surface area contributed by atoms with E-state index in [1.54, 1.807) is 6.08 Å². The Morgan fingerprint density at radius 2 is 2.36 bits per heavy atom. The Morgan fingerprint density at radius 1 is 1.73 bits per heavy atom. The van der Waals surface area contributed by atoms with Crippen LogP contribution in [-0.2, 0) is 4.74 Å². The van der Waals surface area contributed by atoms with Crippen molar-refractivity contribution in [1.82, 2.24) is 0 Å². The smallest absolute Gasteiger partial charge is 0.208 e. The van der Waals surface area contributed by atoms with Gasteiger partial charge in [-0.1, -0.05) is 6.58 Å². The molecule has 0 bridgehead atoms. The van der Waals surface area contributed by atoms with Crippen molar-refractivity contribution in [1.29, 1.82) is 0 Å². The number of nitrogens with zero attached hydrogens (tertiary/aromatic N) is 1. The molecule has 0 spiro atoms. The van der Waals surface area contributed by atoms with E-state index in [9.17, 15) is 0 Å². The lowest BCUT2D eigenvalue weighted by molar-refractivity contribution is 0.147. The number of aliphatic imine (C=N–C) groups is 1. The van der Waals surface area contributed by atoms with E-state index in [0.717, 1.165) is 6.42 Å². The number of rotatable bonds is 1. The third kappa shape index (κ3) is 2.07. The van der Waals surface area contributed by atoms with Gasteiger partial charge in [0.1, 0.15) is 0 Å². The zero-order chi connectivity index (χ0) is 8.48. The predicted molar refractivity (Wildman–Crippen MR) is 46.9 cm³/mol. The minimum atomic E-state index is 0.0151. The highest BCUT2D eigenvalue weighted by molar-refractivity contribution is 5.87. The second kappa shape index (κ2) is 2.68. The van der Waals surface area contributed by atoms with E-state index in [-0.39, 0.29) is 11.6 Å². The lowest BCUT2D eigenvalue weighted by Crippen LogP contribution is -2.33. The molecule has 2 nitrogen and oxygen atoms in total. The number of hydrogen-bond donors (Lipinski definition) is 0. The van der Waals surface area contributed by atoms with Crippen molar-refractivity contribution in [3.63, 3.8) is 0 Å². The van der Waals surface area contributed by atoms with Gasteiger partial charge in [0.05, 0.1) is 11.6 Å². The van der Waals surface area contributed by atoms with Gasteiger partial charge in [0.25, 0.3) is 0 Å². The minimum Gasteiger partial charge on any atom is -0.475 e. The lowest BCUT2D eigenvalue weighted by atomic mass is 9.97. The van der Waals surface area contributed by atoms with Crippen LogP contribution in [0.4, 0.5) is 0 Å². The Labute approximate surface area is 68.0 Å². The van der Waals surface area contributed by atoms with E-state index in [2.05, 4.69) is 32.3 Å². The van der Waals surface area contributed by atoms with Crippen LogP contribution in [0.1, 0.15) is 27.2 Å². The normalized spacial score (nSPS) is 28.6. The van der Waals surface area contributed by atoms with Gasteiger partial charge in [-0.05, 0) is 26.8 Å². The molecule has 1 heterocycles. The van der Waals surface area contributed by atoms with Crippen molar-refractivity contribution in [2.45, 2.75) is 38.8 Å². The van der Waals surface area contributed by atoms with E-state index < -0.39 is 0 Å². The van der Waals surface area contributed by atoms with Crippen molar-refractivity contribution >= 4 is 5.90 Å². The molecule has 62 valence electrons. The largest absolute Gasteiger partial charge is 0.475 e. The molecule has 0 saturated carbocycles. The molecule has 0 radical (unpaired) electrons. The standard InChI is InChI=1S/C9H15NO/c1-5-8-10-9(3,4)6-7(2)11-8/h5,7H,1,6H2,2-4H3/t7-/m0/s1. The van der Waals surface area contributed by atoms with Gasteiger partial charge in [-0.2, -0.15) is 0 Å². The van der Waals surface area contributed by atoms with Gasteiger partial charge in [0.15, 0.2) is 0 Å². The van der Waals surface area contributed by atoms with Crippen molar-refractivity contribution in [3.8, 4) is 0 Å². The summed E-state index contributed by atoms with van der Waals surface area (Å²) >= 11 is 0. The summed E-state index contributed by atoms with van der Waals surface area (Å²) in [5, 5.41) is 0. The fraction of sp³-hybridized carbons (Fsp3) is 0.667. The molecule has 0 fully saturated rings. The SMILES string of the molecule is C=CC1=NC(C)(C)C[C@H](C)O1. The van der Waals surface area contributed by atoms with E-state index in [4.69, 9.17) is 4.74 Å². The Kier molecular flexibility index (Phi) is 2.03. The molecule has 0 aromatic heterocycles. The Bertz CT molecular complexity index is 194. The highest BCUT2D eigenvalue weighted by atomic mass is 16.5. The summed E-state index contributed by atoms with van der Waals surface area (Å²) in [6.45, 7) is 9.90. The van der Waals surface area contributed by atoms with Crippen LogP contribution < -0.4 is 0 Å². The fourth-order valence-electron chi connectivity index (χ4n) is 1.42. The van der Waals surface area contributed by atoms with Crippen molar-refractivity contribution in [2.24, 2.45) is 4.99 Å². The van der Waals surface area contributed by atoms with Crippen molar-refractivity contribution in [3.05, 3.63) is 12.7 Å². The molecule has 0 saturated heterocycles. The number of hydrogen-bond acceptors (Lipinski definition) is 2. The molecule has 1 aliphatic heterocycles. The molecule has 0 aromatic rings. The fourth-order valence-corrected chi connectivity index (χ4v) is 1.42. The molecule has 0 aliphatic carbocycles. The van der Waals surface area contributed by atoms with E-state index in [1.807, 2.05) is 0 Å². The molecule has 1 aliphatic rings. The van der Waals surface area contributed by atoms with Gasteiger partial charge in [-0.25, -0.2) is 4.99 Å². The second-order valence-electron chi connectivity index (χ2n) is 3.60. The van der Waals surface area contributed by atoms with Gasteiger partial charge >= 0.3 is 0 Å². The van der Waals surface area contributed by atoms with E-state index in [0.29, 0.717) is 5.90 Å². The van der Waals surface area contributed by atoms with Crippen LogP contribution in [-0.4, -0.2) is 17.5 Å². The molecule has 0 amide bonds. The number of ether oxygens (including phenoxy) is 1. The van der Waals surface area contributed by atoms with Gasteiger partial charge in [0, 0.05) is 6.42 Å². The average molecular weight is 153 g/mol. The third-order valence-electron chi connectivity index (χ3n) is 1.70. The van der Waals surface area contributed by atoms with Crippen LogP contribution in [0.2, 0.25) is 0 Å². The molecule has 11 heavy (non-hydrogen) atoms. The monoisotopic (exact) mass is 153 g/mol. The van der Waals surface area contributed by atoms with Gasteiger partial charge < -0.3 is 4.74 Å². The zero-order valence-corrected chi connectivity index (χ0v) is 7.42. The average Bonchev–Trinajstić information content (AvgIpc) is 1.83. The van der Waals surface area contributed by atoms with Gasteiger partial charge in [-0.15, -0.1) is 0 Å². The second-order valence-corrected chi connectivity index (χ2v) is 3.60. The maximum absolute atomic E-state index is 5.40. The van der Waals surface area contributed by atoms with Crippen LogP contribution in [0.5, 0.6) is 0 Å². The first-order chi connectivity index (χ1) is 5.03. The van der Waals surface area contributed by atoms with Crippen LogP contribution in [0.15, 0.2) is 17.6 Å². The molecule has 1 rings (SSSR count). The zero-order valence-electron chi connectivity index (χ0n) is 7.42. The van der Waals surface area contributed by atoms with E-state index >= 15 is 0 Å². The van der Waals surface area contributed by atoms with Crippen LogP contribution >= 0.6 is 0 Å². The first-order valence-electron chi connectivity index (χ1n) is 3.92. The quantitative estimate of drug-likeness (QED) is 0.565. The van der Waals surface area contributed by atoms with Crippen molar-refractivity contribution in [2.75, 3.05) is 0 Å². The summed E-state index contributed by atoms with van der Waals surface area (Å²) in [6.07, 6.45) is 2.90. The van der Waals surface area contributed by atoms with Gasteiger partial charge in [-0.3, -0.25) is 0 Å². The topological polar surface area (TPSA) is 21.6 Å². The molecule has 0 unspecified atom stereocenters. The first kappa shape index (κ1) is 8.31. The molecule has 0 aromatic carbocycles. The predicted octanol–water partition coefficient (Wildman–Crippen LogP) is 2.16. The minimum absolute atomic E-state index is 0.0151. The molecular weight excluding hydrogens is 138 g/mol. The third-order valence-corrected chi connectivity index (χ3v) is 1.70. The Morgan fingerprint density at radius 3 is 2.82 bits per heavy atom. The molecule has 1 atom stereocenters. The lowest BCUT2D eigenvalue weighted by Gasteiger charge is -2.30. The Hall–Kier alpha value is -0.790.